The number of para-hydroxylation sites is 1. The van der Waals surface area contributed by atoms with Crippen molar-refractivity contribution in [2.75, 3.05) is 0 Å². The van der Waals surface area contributed by atoms with Crippen molar-refractivity contribution in [3.63, 3.8) is 0 Å². The third-order valence-corrected chi connectivity index (χ3v) is 2.57. The molecule has 3 N–H and O–H groups in total. The molecule has 0 atom stereocenters. The fraction of sp³-hybridized carbons (Fsp3) is 0.154. The lowest BCUT2D eigenvalue weighted by Gasteiger charge is -2.19. The summed E-state index contributed by atoms with van der Waals surface area (Å²) in [5.74, 6) is -2.94. The zero-order chi connectivity index (χ0) is 12.5. The van der Waals surface area contributed by atoms with Crippen LogP contribution in [-0.4, -0.2) is 26.9 Å². The average Bonchev–Trinajstić information content (AvgIpc) is 2.29. The highest BCUT2D eigenvalue weighted by atomic mass is 16.5. The predicted molar refractivity (Wildman–Crippen MR) is 61.4 cm³/mol. The number of hydrogen-bond acceptors (Lipinski definition) is 4. The SMILES string of the molecule is O=C(c1ccccc1O)C1C=CC(O)(O)C=C1. The molecule has 0 fully saturated rings. The molecule has 4 nitrogen and oxygen atoms in total. The quantitative estimate of drug-likeness (QED) is 0.404. The Hall–Kier alpha value is -1.91. The zero-order valence-electron chi connectivity index (χ0n) is 8.95. The molecular formula is C13H12O4. The molecular weight excluding hydrogens is 220 g/mol. The predicted octanol–water partition coefficient (Wildman–Crippen LogP) is 0.998. The normalized spacial score (nSPS) is 18.2. The number of ketones is 1. The maximum Gasteiger partial charge on any atom is 0.202 e. The number of benzene rings is 1. The van der Waals surface area contributed by atoms with Gasteiger partial charge in [-0.05, 0) is 24.3 Å². The van der Waals surface area contributed by atoms with Crippen molar-refractivity contribution in [1.29, 1.82) is 0 Å². The summed E-state index contributed by atoms with van der Waals surface area (Å²) in [6, 6.07) is 6.25. The number of phenolic OH excluding ortho intramolecular Hbond substituents is 1. The van der Waals surface area contributed by atoms with E-state index in [1.54, 1.807) is 12.1 Å². The van der Waals surface area contributed by atoms with E-state index in [-0.39, 0.29) is 17.1 Å². The summed E-state index contributed by atoms with van der Waals surface area (Å²) in [7, 11) is 0. The number of hydrogen-bond donors (Lipinski definition) is 3. The Morgan fingerprint density at radius 2 is 1.71 bits per heavy atom. The third kappa shape index (κ3) is 2.43. The van der Waals surface area contributed by atoms with E-state index in [0.29, 0.717) is 0 Å². The second-order valence-corrected chi connectivity index (χ2v) is 3.91. The van der Waals surface area contributed by atoms with E-state index in [4.69, 9.17) is 0 Å². The maximum atomic E-state index is 12.0. The van der Waals surface area contributed by atoms with Crippen LogP contribution in [0.5, 0.6) is 5.75 Å². The minimum absolute atomic E-state index is 0.0795. The second-order valence-electron chi connectivity index (χ2n) is 3.91. The molecule has 0 radical (unpaired) electrons. The van der Waals surface area contributed by atoms with E-state index < -0.39 is 11.7 Å². The highest BCUT2D eigenvalue weighted by molar-refractivity contribution is 6.02. The topological polar surface area (TPSA) is 77.8 Å². The molecule has 0 aromatic heterocycles. The molecule has 1 aliphatic rings. The molecule has 1 aromatic carbocycles. The number of aliphatic hydroxyl groups is 2. The largest absolute Gasteiger partial charge is 0.507 e. The summed E-state index contributed by atoms with van der Waals surface area (Å²) in [4.78, 5) is 12.0. The van der Waals surface area contributed by atoms with Gasteiger partial charge in [-0.1, -0.05) is 24.3 Å². The molecule has 0 saturated carbocycles. The fourth-order valence-electron chi connectivity index (χ4n) is 1.65. The zero-order valence-corrected chi connectivity index (χ0v) is 8.95. The Labute approximate surface area is 98.1 Å². The molecule has 88 valence electrons. The molecule has 0 aliphatic heterocycles. The molecule has 1 aliphatic carbocycles. The fourth-order valence-corrected chi connectivity index (χ4v) is 1.65. The molecule has 0 spiro atoms. The Kier molecular flexibility index (Phi) is 2.83. The smallest absolute Gasteiger partial charge is 0.202 e. The number of carbonyl (C=O) groups is 1. The van der Waals surface area contributed by atoms with Gasteiger partial charge in [-0.3, -0.25) is 4.79 Å². The van der Waals surface area contributed by atoms with Gasteiger partial charge in [0.25, 0.3) is 0 Å². The van der Waals surface area contributed by atoms with Crippen LogP contribution in [0.3, 0.4) is 0 Å². The van der Waals surface area contributed by atoms with Crippen LogP contribution in [0.25, 0.3) is 0 Å². The number of rotatable bonds is 2. The van der Waals surface area contributed by atoms with Crippen molar-refractivity contribution in [1.82, 2.24) is 0 Å². The van der Waals surface area contributed by atoms with Crippen LogP contribution in [0.1, 0.15) is 10.4 Å². The van der Waals surface area contributed by atoms with E-state index in [9.17, 15) is 20.1 Å². The highest BCUT2D eigenvalue weighted by Crippen LogP contribution is 2.24. The first-order valence-electron chi connectivity index (χ1n) is 5.15. The Balaban J connectivity index is 2.24. The molecule has 17 heavy (non-hydrogen) atoms. The minimum atomic E-state index is -1.99. The van der Waals surface area contributed by atoms with Gasteiger partial charge in [0.15, 0.2) is 5.78 Å². The van der Waals surface area contributed by atoms with Crippen molar-refractivity contribution >= 4 is 5.78 Å². The first-order valence-corrected chi connectivity index (χ1v) is 5.15. The first kappa shape index (κ1) is 11.6. The van der Waals surface area contributed by atoms with Crippen molar-refractivity contribution in [2.24, 2.45) is 5.92 Å². The summed E-state index contributed by atoms with van der Waals surface area (Å²) in [5, 5.41) is 28.0. The number of allylic oxidation sites excluding steroid dienone is 2. The second kappa shape index (κ2) is 4.16. The van der Waals surface area contributed by atoms with E-state index in [1.165, 1.54) is 24.3 Å². The van der Waals surface area contributed by atoms with Crippen LogP contribution in [0.2, 0.25) is 0 Å². The molecule has 1 aromatic rings. The average molecular weight is 232 g/mol. The lowest BCUT2D eigenvalue weighted by molar-refractivity contribution is -0.0756. The minimum Gasteiger partial charge on any atom is -0.507 e. The molecule has 0 bridgehead atoms. The number of phenols is 1. The van der Waals surface area contributed by atoms with Crippen LogP contribution in [0, 0.1) is 5.92 Å². The van der Waals surface area contributed by atoms with Crippen LogP contribution in [0.4, 0.5) is 0 Å². The summed E-state index contributed by atoms with van der Waals surface area (Å²) in [5.41, 5.74) is 0.218. The number of carbonyl (C=O) groups excluding carboxylic acids is 1. The monoisotopic (exact) mass is 232 g/mol. The van der Waals surface area contributed by atoms with Gasteiger partial charge in [0.1, 0.15) is 5.75 Å². The Morgan fingerprint density at radius 1 is 1.12 bits per heavy atom. The van der Waals surface area contributed by atoms with Gasteiger partial charge in [-0.15, -0.1) is 0 Å². The van der Waals surface area contributed by atoms with Crippen LogP contribution >= 0.6 is 0 Å². The van der Waals surface area contributed by atoms with Crippen molar-refractivity contribution in [3.05, 3.63) is 54.1 Å². The van der Waals surface area contributed by atoms with Crippen LogP contribution in [-0.2, 0) is 0 Å². The van der Waals surface area contributed by atoms with Gasteiger partial charge in [-0.2, -0.15) is 0 Å². The molecule has 0 saturated heterocycles. The first-order chi connectivity index (χ1) is 7.99. The molecule has 0 unspecified atom stereocenters. The van der Waals surface area contributed by atoms with E-state index in [2.05, 4.69) is 0 Å². The summed E-state index contributed by atoms with van der Waals surface area (Å²) < 4.78 is 0. The van der Waals surface area contributed by atoms with Crippen LogP contribution in [0.15, 0.2) is 48.6 Å². The standard InChI is InChI=1S/C13H12O4/c14-11-4-2-1-3-10(11)12(15)9-5-7-13(16,17)8-6-9/h1-9,14,16-17H. The molecule has 4 heteroatoms. The highest BCUT2D eigenvalue weighted by Gasteiger charge is 2.25. The van der Waals surface area contributed by atoms with Crippen LogP contribution < -0.4 is 0 Å². The van der Waals surface area contributed by atoms with Gasteiger partial charge in [0, 0.05) is 0 Å². The van der Waals surface area contributed by atoms with E-state index in [0.717, 1.165) is 12.2 Å². The molecule has 0 amide bonds. The van der Waals surface area contributed by atoms with Crippen molar-refractivity contribution in [2.45, 2.75) is 5.79 Å². The molecule has 2 rings (SSSR count). The van der Waals surface area contributed by atoms with Gasteiger partial charge in [0.2, 0.25) is 5.79 Å². The van der Waals surface area contributed by atoms with Gasteiger partial charge in [-0.25, -0.2) is 0 Å². The lowest BCUT2D eigenvalue weighted by atomic mass is 9.92. The van der Waals surface area contributed by atoms with Crippen molar-refractivity contribution < 1.29 is 20.1 Å². The Bertz CT molecular complexity index is 484. The summed E-state index contributed by atoms with van der Waals surface area (Å²) in [6.07, 6.45) is 5.06. The summed E-state index contributed by atoms with van der Waals surface area (Å²) >= 11 is 0. The van der Waals surface area contributed by atoms with Gasteiger partial charge < -0.3 is 15.3 Å². The Morgan fingerprint density at radius 3 is 2.29 bits per heavy atom. The third-order valence-electron chi connectivity index (χ3n) is 2.57. The van der Waals surface area contributed by atoms with Gasteiger partial charge in [0.05, 0.1) is 11.5 Å². The molecule has 0 heterocycles. The summed E-state index contributed by atoms with van der Waals surface area (Å²) in [6.45, 7) is 0. The van der Waals surface area contributed by atoms with Crippen molar-refractivity contribution in [3.8, 4) is 5.75 Å². The lowest BCUT2D eigenvalue weighted by Crippen LogP contribution is -2.26. The number of Topliss-reactive ketones (excluding diaryl/α,β-unsaturated/α-hetero) is 1. The van der Waals surface area contributed by atoms with E-state index in [1.807, 2.05) is 0 Å². The van der Waals surface area contributed by atoms with Gasteiger partial charge >= 0.3 is 0 Å². The number of aromatic hydroxyl groups is 1. The van der Waals surface area contributed by atoms with E-state index >= 15 is 0 Å². The maximum absolute atomic E-state index is 12.0.